The molecule has 0 aromatic carbocycles. The molecule has 0 radical (unpaired) electrons. The van der Waals surface area contributed by atoms with Gasteiger partial charge in [-0.1, -0.05) is 6.92 Å². The zero-order valence-electron chi connectivity index (χ0n) is 10.7. The van der Waals surface area contributed by atoms with E-state index in [1.807, 2.05) is 0 Å². The van der Waals surface area contributed by atoms with E-state index in [2.05, 4.69) is 0 Å². The summed E-state index contributed by atoms with van der Waals surface area (Å²) in [4.78, 5) is 26.6. The van der Waals surface area contributed by atoms with Gasteiger partial charge in [-0.3, -0.25) is 9.59 Å². The Labute approximate surface area is 109 Å². The van der Waals surface area contributed by atoms with Gasteiger partial charge >= 0.3 is 6.18 Å². The lowest BCUT2D eigenvalue weighted by molar-refractivity contribution is -0.183. The van der Waals surface area contributed by atoms with Crippen molar-refractivity contribution in [3.05, 3.63) is 0 Å². The molecule has 0 saturated carbocycles. The molecule has 2 atom stereocenters. The Balaban J connectivity index is 2.25. The molecule has 0 bridgehead atoms. The third-order valence-corrected chi connectivity index (χ3v) is 3.75. The number of carbonyl (C=O) groups is 2. The summed E-state index contributed by atoms with van der Waals surface area (Å²) in [6.45, 7) is 0.773. The first-order chi connectivity index (χ1) is 8.85. The fourth-order valence-electron chi connectivity index (χ4n) is 2.90. The van der Waals surface area contributed by atoms with Crippen LogP contribution in [0.25, 0.3) is 0 Å². The number of hydrogen-bond acceptors (Lipinski definition) is 2. The van der Waals surface area contributed by atoms with Crippen molar-refractivity contribution in [1.29, 1.82) is 0 Å². The fraction of sp³-hybridized carbons (Fsp3) is 0.833. The molecule has 108 valence electrons. The Morgan fingerprint density at radius 2 is 1.89 bits per heavy atom. The summed E-state index contributed by atoms with van der Waals surface area (Å²) in [5, 5.41) is 0. The van der Waals surface area contributed by atoms with E-state index in [9.17, 15) is 22.8 Å². The van der Waals surface area contributed by atoms with E-state index < -0.39 is 30.7 Å². The predicted molar refractivity (Wildman–Crippen MR) is 61.2 cm³/mol. The van der Waals surface area contributed by atoms with Gasteiger partial charge in [0, 0.05) is 6.54 Å². The maximum absolute atomic E-state index is 12.6. The van der Waals surface area contributed by atoms with Gasteiger partial charge in [0.1, 0.15) is 18.6 Å². The maximum Gasteiger partial charge on any atom is 0.406 e. The smallest absolute Gasteiger partial charge is 0.329 e. The fourth-order valence-corrected chi connectivity index (χ4v) is 2.90. The van der Waals surface area contributed by atoms with E-state index in [0.717, 1.165) is 17.7 Å². The molecule has 0 aromatic heterocycles. The summed E-state index contributed by atoms with van der Waals surface area (Å²) in [5.74, 6) is -0.889. The molecule has 4 nitrogen and oxygen atoms in total. The molecule has 2 saturated heterocycles. The van der Waals surface area contributed by atoms with Gasteiger partial charge in [-0.25, -0.2) is 0 Å². The van der Waals surface area contributed by atoms with E-state index in [1.165, 1.54) is 4.90 Å². The van der Waals surface area contributed by atoms with Gasteiger partial charge in [0.05, 0.1) is 0 Å². The lowest BCUT2D eigenvalue weighted by atomic mass is 9.94. The van der Waals surface area contributed by atoms with Crippen LogP contribution in [-0.4, -0.2) is 53.0 Å². The Morgan fingerprint density at radius 1 is 1.21 bits per heavy atom. The maximum atomic E-state index is 12.6. The van der Waals surface area contributed by atoms with Crippen molar-refractivity contribution in [2.45, 2.75) is 50.9 Å². The van der Waals surface area contributed by atoms with Gasteiger partial charge in [0.2, 0.25) is 11.8 Å². The molecule has 2 fully saturated rings. The molecule has 2 amide bonds. The average Bonchev–Trinajstić information content (AvgIpc) is 2.35. The van der Waals surface area contributed by atoms with Crippen molar-refractivity contribution < 1.29 is 22.8 Å². The minimum absolute atomic E-state index is 0.212. The molecule has 2 aliphatic rings. The SMILES string of the molecule is CCC1C(=O)N2CCCCC2C(=O)N1CC(F)(F)F. The van der Waals surface area contributed by atoms with E-state index in [4.69, 9.17) is 0 Å². The van der Waals surface area contributed by atoms with Crippen LogP contribution in [0, 0.1) is 0 Å². The van der Waals surface area contributed by atoms with Gasteiger partial charge in [-0.15, -0.1) is 0 Å². The highest BCUT2D eigenvalue weighted by atomic mass is 19.4. The van der Waals surface area contributed by atoms with E-state index in [-0.39, 0.29) is 12.3 Å². The van der Waals surface area contributed by atoms with Gasteiger partial charge in [0.25, 0.3) is 0 Å². The van der Waals surface area contributed by atoms with Gasteiger partial charge in [-0.2, -0.15) is 13.2 Å². The number of rotatable bonds is 2. The highest BCUT2D eigenvalue weighted by Gasteiger charge is 2.48. The summed E-state index contributed by atoms with van der Waals surface area (Å²) in [6, 6.07) is -1.66. The van der Waals surface area contributed by atoms with Crippen LogP contribution in [0.1, 0.15) is 32.6 Å². The molecular weight excluding hydrogens is 261 g/mol. The predicted octanol–water partition coefficient (Wildman–Crippen LogP) is 1.55. The van der Waals surface area contributed by atoms with Crippen LogP contribution >= 0.6 is 0 Å². The van der Waals surface area contributed by atoms with Crippen LogP contribution < -0.4 is 0 Å². The van der Waals surface area contributed by atoms with Crippen molar-refractivity contribution in [3.8, 4) is 0 Å². The summed E-state index contributed by atoms with van der Waals surface area (Å²) >= 11 is 0. The zero-order chi connectivity index (χ0) is 14.2. The van der Waals surface area contributed by atoms with Crippen molar-refractivity contribution in [2.24, 2.45) is 0 Å². The second kappa shape index (κ2) is 5.02. The first kappa shape index (κ1) is 14.1. The molecule has 2 rings (SSSR count). The second-order valence-electron chi connectivity index (χ2n) is 5.05. The first-order valence-electron chi connectivity index (χ1n) is 6.53. The van der Waals surface area contributed by atoms with Gasteiger partial charge in [0.15, 0.2) is 0 Å². The number of piperazine rings is 1. The van der Waals surface area contributed by atoms with Crippen molar-refractivity contribution in [3.63, 3.8) is 0 Å². The number of alkyl halides is 3. The Hall–Kier alpha value is -1.27. The van der Waals surface area contributed by atoms with Gasteiger partial charge < -0.3 is 9.80 Å². The molecule has 0 spiro atoms. The third kappa shape index (κ3) is 2.69. The number of fused-ring (bicyclic) bond motifs is 1. The normalized spacial score (nSPS) is 28.6. The highest BCUT2D eigenvalue weighted by Crippen LogP contribution is 2.29. The number of hydrogen-bond donors (Lipinski definition) is 0. The number of carbonyl (C=O) groups excluding carboxylic acids is 2. The van der Waals surface area contributed by atoms with Crippen LogP contribution in [0.2, 0.25) is 0 Å². The monoisotopic (exact) mass is 278 g/mol. The molecule has 2 aliphatic heterocycles. The number of nitrogens with zero attached hydrogens (tertiary/aromatic N) is 2. The Kier molecular flexibility index (Phi) is 3.73. The van der Waals surface area contributed by atoms with Crippen LogP contribution in [0.15, 0.2) is 0 Å². The molecule has 2 unspecified atom stereocenters. The largest absolute Gasteiger partial charge is 0.406 e. The molecular formula is C12H17F3N2O2. The minimum atomic E-state index is -4.47. The second-order valence-corrected chi connectivity index (χ2v) is 5.05. The summed E-state index contributed by atoms with van der Waals surface area (Å²) in [5.41, 5.74) is 0. The van der Waals surface area contributed by atoms with Crippen LogP contribution in [0.4, 0.5) is 13.2 Å². The lowest BCUT2D eigenvalue weighted by Gasteiger charge is -2.46. The zero-order valence-corrected chi connectivity index (χ0v) is 10.7. The number of halogens is 3. The van der Waals surface area contributed by atoms with Crippen LogP contribution in [-0.2, 0) is 9.59 Å². The van der Waals surface area contributed by atoms with E-state index in [1.54, 1.807) is 6.92 Å². The van der Waals surface area contributed by atoms with Crippen molar-refractivity contribution >= 4 is 11.8 Å². The number of amides is 2. The average molecular weight is 278 g/mol. The first-order valence-corrected chi connectivity index (χ1v) is 6.53. The van der Waals surface area contributed by atoms with Gasteiger partial charge in [-0.05, 0) is 25.7 Å². The van der Waals surface area contributed by atoms with Crippen molar-refractivity contribution in [1.82, 2.24) is 9.80 Å². The van der Waals surface area contributed by atoms with Crippen LogP contribution in [0.5, 0.6) is 0 Å². The molecule has 0 aliphatic carbocycles. The molecule has 0 aromatic rings. The Morgan fingerprint density at radius 3 is 2.47 bits per heavy atom. The molecule has 19 heavy (non-hydrogen) atoms. The molecule has 7 heteroatoms. The quantitative estimate of drug-likeness (QED) is 0.769. The minimum Gasteiger partial charge on any atom is -0.329 e. The topological polar surface area (TPSA) is 40.6 Å². The third-order valence-electron chi connectivity index (χ3n) is 3.75. The summed E-state index contributed by atoms with van der Waals surface area (Å²) in [6.07, 6.45) is -2.21. The standard InChI is InChI=1S/C12H17F3N2O2/c1-2-8-10(18)16-6-4-3-5-9(16)11(19)17(8)7-12(13,14)15/h8-9H,2-7H2,1H3. The van der Waals surface area contributed by atoms with E-state index in [0.29, 0.717) is 13.0 Å². The molecule has 0 N–H and O–H groups in total. The van der Waals surface area contributed by atoms with E-state index >= 15 is 0 Å². The summed E-state index contributed by atoms with van der Waals surface area (Å²) in [7, 11) is 0. The summed E-state index contributed by atoms with van der Waals surface area (Å²) < 4.78 is 37.7. The number of piperidine rings is 1. The lowest BCUT2D eigenvalue weighted by Crippen LogP contribution is -2.66. The Bertz CT molecular complexity index is 384. The van der Waals surface area contributed by atoms with Crippen molar-refractivity contribution in [2.75, 3.05) is 13.1 Å². The highest BCUT2D eigenvalue weighted by molar-refractivity contribution is 5.97. The van der Waals surface area contributed by atoms with Crippen LogP contribution in [0.3, 0.4) is 0 Å². The molecule has 2 heterocycles.